The molecular formula is C14H17N3O2. The molecule has 0 saturated carbocycles. The molecule has 1 N–H and O–H groups in total. The molecule has 1 saturated heterocycles. The summed E-state index contributed by atoms with van der Waals surface area (Å²) in [6.45, 7) is 1.01. The van der Waals surface area contributed by atoms with Crippen LogP contribution < -0.4 is 5.32 Å². The first-order valence-corrected chi connectivity index (χ1v) is 6.53. The summed E-state index contributed by atoms with van der Waals surface area (Å²) in [5, 5.41) is 7.40. The maximum Gasteiger partial charge on any atom is 0.243 e. The average molecular weight is 259 g/mol. The fraction of sp³-hybridized carbons (Fsp3) is 0.429. The van der Waals surface area contributed by atoms with Gasteiger partial charge in [-0.1, -0.05) is 35.5 Å². The van der Waals surface area contributed by atoms with Gasteiger partial charge in [0, 0.05) is 7.11 Å². The van der Waals surface area contributed by atoms with Crippen molar-refractivity contribution in [2.75, 3.05) is 13.7 Å². The van der Waals surface area contributed by atoms with Gasteiger partial charge >= 0.3 is 0 Å². The van der Waals surface area contributed by atoms with Gasteiger partial charge in [-0.3, -0.25) is 0 Å². The van der Waals surface area contributed by atoms with Crippen LogP contribution in [0.3, 0.4) is 0 Å². The lowest BCUT2D eigenvalue weighted by Crippen LogP contribution is -2.13. The van der Waals surface area contributed by atoms with Crippen molar-refractivity contribution in [3.8, 4) is 0 Å². The van der Waals surface area contributed by atoms with Gasteiger partial charge in [-0.2, -0.15) is 4.98 Å². The monoisotopic (exact) mass is 259 g/mol. The standard InChI is InChI=1S/C14H17N3O2/c1-18-12(10-6-3-2-4-7-10)13-16-14(19-17-13)11-8-5-9-15-11/h2-4,6-7,11-12,15H,5,8-9H2,1H3. The van der Waals surface area contributed by atoms with Crippen LogP contribution in [0.4, 0.5) is 0 Å². The van der Waals surface area contributed by atoms with Crippen LogP contribution >= 0.6 is 0 Å². The van der Waals surface area contributed by atoms with Crippen LogP contribution in [-0.4, -0.2) is 23.8 Å². The minimum Gasteiger partial charge on any atom is -0.369 e. The molecule has 0 spiro atoms. The number of nitrogens with zero attached hydrogens (tertiary/aromatic N) is 2. The highest BCUT2D eigenvalue weighted by atomic mass is 16.5. The Kier molecular flexibility index (Phi) is 3.57. The molecule has 0 radical (unpaired) electrons. The van der Waals surface area contributed by atoms with E-state index in [-0.39, 0.29) is 12.1 Å². The third-order valence-corrected chi connectivity index (χ3v) is 3.39. The molecule has 100 valence electrons. The molecule has 1 aliphatic heterocycles. The van der Waals surface area contributed by atoms with Crippen LogP contribution in [0.2, 0.25) is 0 Å². The first kappa shape index (κ1) is 12.3. The zero-order valence-electron chi connectivity index (χ0n) is 10.9. The molecule has 3 rings (SSSR count). The van der Waals surface area contributed by atoms with Crippen molar-refractivity contribution in [2.24, 2.45) is 0 Å². The van der Waals surface area contributed by atoms with Gasteiger partial charge in [0.15, 0.2) is 0 Å². The molecule has 2 aromatic rings. The van der Waals surface area contributed by atoms with Crippen molar-refractivity contribution in [3.63, 3.8) is 0 Å². The van der Waals surface area contributed by atoms with Crippen molar-refractivity contribution >= 4 is 0 Å². The van der Waals surface area contributed by atoms with E-state index >= 15 is 0 Å². The Morgan fingerprint density at radius 1 is 1.37 bits per heavy atom. The third-order valence-electron chi connectivity index (χ3n) is 3.39. The normalized spacial score (nSPS) is 20.6. The molecule has 1 aliphatic rings. The van der Waals surface area contributed by atoms with Crippen molar-refractivity contribution in [2.45, 2.75) is 25.0 Å². The van der Waals surface area contributed by atoms with Crippen LogP contribution in [0.1, 0.15) is 42.3 Å². The Bertz CT molecular complexity index is 520. The highest BCUT2D eigenvalue weighted by molar-refractivity contribution is 5.22. The van der Waals surface area contributed by atoms with Gasteiger partial charge in [0.2, 0.25) is 11.7 Å². The highest BCUT2D eigenvalue weighted by Crippen LogP contribution is 2.26. The van der Waals surface area contributed by atoms with Crippen LogP contribution in [0.5, 0.6) is 0 Å². The number of ether oxygens (including phenoxy) is 1. The lowest BCUT2D eigenvalue weighted by molar-refractivity contribution is 0.126. The van der Waals surface area contributed by atoms with Crippen LogP contribution in [0.25, 0.3) is 0 Å². The predicted octanol–water partition coefficient (Wildman–Crippen LogP) is 2.23. The smallest absolute Gasteiger partial charge is 0.243 e. The van der Waals surface area contributed by atoms with E-state index in [1.807, 2.05) is 30.3 Å². The molecule has 1 fully saturated rings. The number of hydrogen-bond donors (Lipinski definition) is 1. The minimum atomic E-state index is -0.278. The Hall–Kier alpha value is -1.72. The SMILES string of the molecule is COC(c1ccccc1)c1noc(C2CCCN2)n1. The number of benzene rings is 1. The second-order valence-electron chi connectivity index (χ2n) is 4.67. The molecular weight excluding hydrogens is 242 g/mol. The zero-order valence-corrected chi connectivity index (χ0v) is 10.9. The number of rotatable bonds is 4. The highest BCUT2D eigenvalue weighted by Gasteiger charge is 2.25. The van der Waals surface area contributed by atoms with E-state index in [0.29, 0.717) is 11.7 Å². The second-order valence-corrected chi connectivity index (χ2v) is 4.67. The molecule has 0 bridgehead atoms. The largest absolute Gasteiger partial charge is 0.369 e. The van der Waals surface area contributed by atoms with Crippen molar-refractivity contribution in [3.05, 3.63) is 47.6 Å². The Labute approximate surface area is 112 Å². The minimum absolute atomic E-state index is 0.189. The summed E-state index contributed by atoms with van der Waals surface area (Å²) in [7, 11) is 1.65. The number of methoxy groups -OCH3 is 1. The van der Waals surface area contributed by atoms with Crippen LogP contribution in [-0.2, 0) is 4.74 Å². The zero-order chi connectivity index (χ0) is 13.1. The number of aromatic nitrogens is 2. The number of hydrogen-bond acceptors (Lipinski definition) is 5. The first-order valence-electron chi connectivity index (χ1n) is 6.53. The average Bonchev–Trinajstić information content (AvgIpc) is 3.11. The fourth-order valence-corrected chi connectivity index (χ4v) is 2.41. The second kappa shape index (κ2) is 5.50. The molecule has 0 amide bonds. The van der Waals surface area contributed by atoms with Crippen molar-refractivity contribution < 1.29 is 9.26 Å². The van der Waals surface area contributed by atoms with E-state index in [1.165, 1.54) is 0 Å². The summed E-state index contributed by atoms with van der Waals surface area (Å²) < 4.78 is 10.8. The predicted molar refractivity (Wildman–Crippen MR) is 69.6 cm³/mol. The summed E-state index contributed by atoms with van der Waals surface area (Å²) >= 11 is 0. The van der Waals surface area contributed by atoms with Gasteiger partial charge in [0.05, 0.1) is 6.04 Å². The molecule has 0 aliphatic carbocycles. The van der Waals surface area contributed by atoms with Crippen LogP contribution in [0, 0.1) is 0 Å². The molecule has 19 heavy (non-hydrogen) atoms. The lowest BCUT2D eigenvalue weighted by atomic mass is 10.1. The molecule has 2 atom stereocenters. The topological polar surface area (TPSA) is 60.2 Å². The van der Waals surface area contributed by atoms with E-state index in [4.69, 9.17) is 9.26 Å². The van der Waals surface area contributed by atoms with E-state index < -0.39 is 0 Å². The van der Waals surface area contributed by atoms with Crippen molar-refractivity contribution in [1.82, 2.24) is 15.5 Å². The van der Waals surface area contributed by atoms with Gasteiger partial charge in [0.1, 0.15) is 6.10 Å². The van der Waals surface area contributed by atoms with E-state index in [9.17, 15) is 0 Å². The van der Waals surface area contributed by atoms with Gasteiger partial charge in [-0.15, -0.1) is 0 Å². The quantitative estimate of drug-likeness (QED) is 0.912. The number of nitrogens with one attached hydrogen (secondary N) is 1. The van der Waals surface area contributed by atoms with E-state index in [1.54, 1.807) is 7.11 Å². The Morgan fingerprint density at radius 3 is 2.89 bits per heavy atom. The van der Waals surface area contributed by atoms with Gasteiger partial charge in [-0.05, 0) is 24.9 Å². The van der Waals surface area contributed by atoms with Crippen LogP contribution in [0.15, 0.2) is 34.9 Å². The Balaban J connectivity index is 1.84. The summed E-state index contributed by atoms with van der Waals surface area (Å²) in [4.78, 5) is 4.47. The fourth-order valence-electron chi connectivity index (χ4n) is 2.41. The summed E-state index contributed by atoms with van der Waals surface area (Å²) in [6.07, 6.45) is 1.92. The van der Waals surface area contributed by atoms with Gasteiger partial charge < -0.3 is 14.6 Å². The molecule has 5 nitrogen and oxygen atoms in total. The summed E-state index contributed by atoms with van der Waals surface area (Å²) in [5.74, 6) is 1.24. The summed E-state index contributed by atoms with van der Waals surface area (Å²) in [6, 6.07) is 10.1. The lowest BCUT2D eigenvalue weighted by Gasteiger charge is -2.11. The van der Waals surface area contributed by atoms with E-state index in [0.717, 1.165) is 24.9 Å². The molecule has 1 aromatic heterocycles. The maximum absolute atomic E-state index is 5.49. The van der Waals surface area contributed by atoms with Gasteiger partial charge in [-0.25, -0.2) is 0 Å². The molecule has 1 aromatic carbocycles. The van der Waals surface area contributed by atoms with E-state index in [2.05, 4.69) is 15.5 Å². The third kappa shape index (κ3) is 2.52. The molecule has 2 heterocycles. The molecule has 2 unspecified atom stereocenters. The molecule has 5 heteroatoms. The first-order chi connectivity index (χ1) is 9.38. The van der Waals surface area contributed by atoms with Crippen molar-refractivity contribution in [1.29, 1.82) is 0 Å². The summed E-state index contributed by atoms with van der Waals surface area (Å²) in [5.41, 5.74) is 1.02. The van der Waals surface area contributed by atoms with Gasteiger partial charge in [0.25, 0.3) is 0 Å². The maximum atomic E-state index is 5.49. The Morgan fingerprint density at radius 2 is 2.21 bits per heavy atom.